The Hall–Kier alpha value is -1.55. The largest absolute Gasteiger partial charge is 0.399 e. The van der Waals surface area contributed by atoms with Crippen molar-refractivity contribution in [3.05, 3.63) is 29.8 Å². The van der Waals surface area contributed by atoms with Crippen molar-refractivity contribution in [2.75, 3.05) is 25.4 Å². The first kappa shape index (κ1) is 13.9. The third-order valence-electron chi connectivity index (χ3n) is 3.60. The smallest absolute Gasteiger partial charge is 0.217 e. The predicted octanol–water partition coefficient (Wildman–Crippen LogP) is 1.41. The third kappa shape index (κ3) is 4.56. The maximum atomic E-state index is 11.0. The van der Waals surface area contributed by atoms with E-state index in [1.807, 2.05) is 12.1 Å². The van der Waals surface area contributed by atoms with Crippen molar-refractivity contribution in [1.29, 1.82) is 0 Å². The molecule has 3 N–H and O–H groups in total. The van der Waals surface area contributed by atoms with Crippen LogP contribution in [0, 0.1) is 0 Å². The molecule has 0 spiro atoms. The molecule has 1 unspecified atom stereocenters. The predicted molar refractivity (Wildman–Crippen MR) is 77.8 cm³/mol. The molecular weight excluding hydrogens is 238 g/mol. The minimum atomic E-state index is 0.0775. The van der Waals surface area contributed by atoms with Crippen molar-refractivity contribution >= 4 is 11.6 Å². The Balaban J connectivity index is 1.66. The van der Waals surface area contributed by atoms with Crippen LogP contribution in [0.3, 0.4) is 0 Å². The number of benzene rings is 1. The number of hydrogen-bond acceptors (Lipinski definition) is 3. The molecule has 1 heterocycles. The van der Waals surface area contributed by atoms with Crippen LogP contribution in [0.25, 0.3) is 0 Å². The van der Waals surface area contributed by atoms with E-state index < -0.39 is 0 Å². The molecule has 1 amide bonds. The molecule has 0 saturated carbocycles. The van der Waals surface area contributed by atoms with E-state index in [1.54, 1.807) is 6.92 Å². The first-order valence-electron chi connectivity index (χ1n) is 6.97. The molecule has 0 bridgehead atoms. The molecule has 1 saturated heterocycles. The maximum Gasteiger partial charge on any atom is 0.217 e. The standard InChI is InChI=1S/C15H23N3O/c1-12(19)17-15-8-10-18(11-15)9-2-3-13-4-6-14(16)7-5-13/h4-7,15H,2-3,8-11,16H2,1H3,(H,17,19). The summed E-state index contributed by atoms with van der Waals surface area (Å²) in [4.78, 5) is 13.4. The SMILES string of the molecule is CC(=O)NC1CCN(CCCc2ccc(N)cc2)C1. The lowest BCUT2D eigenvalue weighted by atomic mass is 10.1. The molecule has 0 aromatic heterocycles. The van der Waals surface area contributed by atoms with Crippen LogP contribution in [0.2, 0.25) is 0 Å². The lowest BCUT2D eigenvalue weighted by molar-refractivity contribution is -0.119. The van der Waals surface area contributed by atoms with Gasteiger partial charge in [-0.15, -0.1) is 0 Å². The van der Waals surface area contributed by atoms with Crippen LogP contribution < -0.4 is 11.1 Å². The van der Waals surface area contributed by atoms with Crippen LogP contribution in [0.4, 0.5) is 5.69 Å². The van der Waals surface area contributed by atoms with Gasteiger partial charge in [0.1, 0.15) is 0 Å². The normalized spacial score (nSPS) is 19.5. The number of carbonyl (C=O) groups excluding carboxylic acids is 1. The Morgan fingerprint density at radius 1 is 1.42 bits per heavy atom. The topological polar surface area (TPSA) is 58.4 Å². The molecule has 0 radical (unpaired) electrons. The number of nitrogens with one attached hydrogen (secondary N) is 1. The fourth-order valence-electron chi connectivity index (χ4n) is 2.63. The van der Waals surface area contributed by atoms with Crippen LogP contribution in [0.15, 0.2) is 24.3 Å². The van der Waals surface area contributed by atoms with Crippen molar-refractivity contribution in [3.63, 3.8) is 0 Å². The van der Waals surface area contributed by atoms with Gasteiger partial charge in [-0.2, -0.15) is 0 Å². The fraction of sp³-hybridized carbons (Fsp3) is 0.533. The summed E-state index contributed by atoms with van der Waals surface area (Å²) in [6, 6.07) is 8.45. The van der Waals surface area contributed by atoms with E-state index in [1.165, 1.54) is 5.56 Å². The minimum absolute atomic E-state index is 0.0775. The highest BCUT2D eigenvalue weighted by atomic mass is 16.1. The number of hydrogen-bond donors (Lipinski definition) is 2. The summed E-state index contributed by atoms with van der Waals surface area (Å²) >= 11 is 0. The maximum absolute atomic E-state index is 11.0. The number of carbonyl (C=O) groups is 1. The molecule has 4 nitrogen and oxygen atoms in total. The average molecular weight is 261 g/mol. The molecule has 1 aromatic rings. The Morgan fingerprint density at radius 2 is 2.16 bits per heavy atom. The highest BCUT2D eigenvalue weighted by Gasteiger charge is 2.22. The monoisotopic (exact) mass is 261 g/mol. The van der Waals surface area contributed by atoms with Gasteiger partial charge in [0.2, 0.25) is 5.91 Å². The quantitative estimate of drug-likeness (QED) is 0.788. The van der Waals surface area contributed by atoms with Gasteiger partial charge in [0.15, 0.2) is 0 Å². The van der Waals surface area contributed by atoms with Crippen LogP contribution in [-0.4, -0.2) is 36.5 Å². The zero-order valence-electron chi connectivity index (χ0n) is 11.6. The summed E-state index contributed by atoms with van der Waals surface area (Å²) in [6.45, 7) is 4.76. The Kier molecular flexibility index (Phi) is 4.80. The zero-order chi connectivity index (χ0) is 13.7. The van der Waals surface area contributed by atoms with E-state index in [0.29, 0.717) is 6.04 Å². The minimum Gasteiger partial charge on any atom is -0.399 e. The summed E-state index contributed by atoms with van der Waals surface area (Å²) < 4.78 is 0. The number of aryl methyl sites for hydroxylation is 1. The number of anilines is 1. The first-order chi connectivity index (χ1) is 9.13. The molecule has 4 heteroatoms. The molecular formula is C15H23N3O. The van der Waals surface area contributed by atoms with Gasteiger partial charge in [-0.3, -0.25) is 4.79 Å². The Labute approximate surface area is 115 Å². The van der Waals surface area contributed by atoms with Gasteiger partial charge in [0.05, 0.1) is 0 Å². The van der Waals surface area contributed by atoms with Gasteiger partial charge >= 0.3 is 0 Å². The number of amides is 1. The molecule has 1 atom stereocenters. The van der Waals surface area contributed by atoms with Gasteiger partial charge in [-0.1, -0.05) is 12.1 Å². The second-order valence-electron chi connectivity index (χ2n) is 5.33. The van der Waals surface area contributed by atoms with Gasteiger partial charge < -0.3 is 16.0 Å². The van der Waals surface area contributed by atoms with Crippen LogP contribution in [0.5, 0.6) is 0 Å². The molecule has 104 valence electrons. The Morgan fingerprint density at radius 3 is 2.84 bits per heavy atom. The van der Waals surface area contributed by atoms with Crippen molar-refractivity contribution < 1.29 is 4.79 Å². The summed E-state index contributed by atoms with van der Waals surface area (Å²) in [6.07, 6.45) is 3.31. The van der Waals surface area contributed by atoms with Gasteiger partial charge in [0, 0.05) is 31.7 Å². The summed E-state index contributed by atoms with van der Waals surface area (Å²) in [7, 11) is 0. The van der Waals surface area contributed by atoms with E-state index in [9.17, 15) is 4.79 Å². The highest BCUT2D eigenvalue weighted by molar-refractivity contribution is 5.73. The second-order valence-corrected chi connectivity index (χ2v) is 5.33. The fourth-order valence-corrected chi connectivity index (χ4v) is 2.63. The first-order valence-corrected chi connectivity index (χ1v) is 6.97. The lowest BCUT2D eigenvalue weighted by Crippen LogP contribution is -2.35. The van der Waals surface area contributed by atoms with Crippen LogP contribution >= 0.6 is 0 Å². The van der Waals surface area contributed by atoms with Crippen LogP contribution in [-0.2, 0) is 11.2 Å². The Bertz CT molecular complexity index is 416. The summed E-state index contributed by atoms with van der Waals surface area (Å²) in [5, 5.41) is 2.99. The molecule has 19 heavy (non-hydrogen) atoms. The highest BCUT2D eigenvalue weighted by Crippen LogP contribution is 2.12. The molecule has 1 fully saturated rings. The lowest BCUT2D eigenvalue weighted by Gasteiger charge is -2.16. The molecule has 0 aliphatic carbocycles. The van der Waals surface area contributed by atoms with E-state index >= 15 is 0 Å². The molecule has 1 aliphatic heterocycles. The molecule has 1 aliphatic rings. The number of nitrogen functional groups attached to an aromatic ring is 1. The van der Waals surface area contributed by atoms with Crippen molar-refractivity contribution in [2.45, 2.75) is 32.2 Å². The average Bonchev–Trinajstić information content (AvgIpc) is 2.78. The summed E-state index contributed by atoms with van der Waals surface area (Å²) in [5.74, 6) is 0.0775. The van der Waals surface area contributed by atoms with E-state index in [2.05, 4.69) is 22.3 Å². The van der Waals surface area contributed by atoms with Crippen molar-refractivity contribution in [2.24, 2.45) is 0 Å². The van der Waals surface area contributed by atoms with Crippen molar-refractivity contribution in [3.8, 4) is 0 Å². The second kappa shape index (κ2) is 6.57. The van der Waals surface area contributed by atoms with Crippen molar-refractivity contribution in [1.82, 2.24) is 10.2 Å². The van der Waals surface area contributed by atoms with Gasteiger partial charge in [-0.25, -0.2) is 0 Å². The molecule has 1 aromatic carbocycles. The van der Waals surface area contributed by atoms with E-state index in [-0.39, 0.29) is 5.91 Å². The third-order valence-corrected chi connectivity index (χ3v) is 3.60. The number of nitrogens with two attached hydrogens (primary N) is 1. The molecule has 2 rings (SSSR count). The van der Waals surface area contributed by atoms with Gasteiger partial charge in [-0.05, 0) is 43.5 Å². The van der Waals surface area contributed by atoms with Crippen LogP contribution in [0.1, 0.15) is 25.3 Å². The van der Waals surface area contributed by atoms with Gasteiger partial charge in [0.25, 0.3) is 0 Å². The number of likely N-dealkylation sites (tertiary alicyclic amines) is 1. The number of rotatable bonds is 5. The van der Waals surface area contributed by atoms with E-state index in [4.69, 9.17) is 5.73 Å². The van der Waals surface area contributed by atoms with E-state index in [0.717, 1.165) is 44.6 Å². The zero-order valence-corrected chi connectivity index (χ0v) is 11.6. The summed E-state index contributed by atoms with van der Waals surface area (Å²) in [5.41, 5.74) is 7.83. The number of nitrogens with zero attached hydrogens (tertiary/aromatic N) is 1.